The molecule has 0 radical (unpaired) electrons. The van der Waals surface area contributed by atoms with Gasteiger partial charge in [0.15, 0.2) is 0 Å². The molecule has 0 fully saturated rings. The Kier molecular flexibility index (Phi) is 7.61. The van der Waals surface area contributed by atoms with Gasteiger partial charge in [0.2, 0.25) is 0 Å². The summed E-state index contributed by atoms with van der Waals surface area (Å²) in [6.45, 7) is 10.4. The minimum atomic E-state index is 0.920. The lowest BCUT2D eigenvalue weighted by molar-refractivity contribution is 1.06. The second-order valence-electron chi connectivity index (χ2n) is 3.65. The normalized spacial score (nSPS) is 13.6. The van der Waals surface area contributed by atoms with Crippen molar-refractivity contribution in [1.82, 2.24) is 0 Å². The van der Waals surface area contributed by atoms with E-state index in [0.717, 1.165) is 19.3 Å². The molecular weight excluding hydrogens is 182 g/mol. The average Bonchev–Trinajstić information content (AvgIpc) is 2.27. The molecule has 0 spiro atoms. The molecule has 0 saturated heterocycles. The molecule has 0 heterocycles. The molecule has 0 unspecified atom stereocenters. The Morgan fingerprint density at radius 1 is 1.20 bits per heavy atom. The van der Waals surface area contributed by atoms with Crippen LogP contribution >= 0.6 is 0 Å². The second kappa shape index (κ2) is 8.22. The first-order valence-corrected chi connectivity index (χ1v) is 5.60. The fourth-order valence-corrected chi connectivity index (χ4v) is 1.14. The van der Waals surface area contributed by atoms with Crippen LogP contribution in [-0.4, -0.2) is 13.3 Å². The fourth-order valence-electron chi connectivity index (χ4n) is 1.14. The van der Waals surface area contributed by atoms with Crippen molar-refractivity contribution in [2.24, 2.45) is 4.99 Å². The lowest BCUT2D eigenvalue weighted by Crippen LogP contribution is -1.87. The van der Waals surface area contributed by atoms with Crippen molar-refractivity contribution in [3.05, 3.63) is 35.5 Å². The highest BCUT2D eigenvalue weighted by Gasteiger charge is 1.96. The highest BCUT2D eigenvalue weighted by Crippen LogP contribution is 2.14. The Morgan fingerprint density at radius 3 is 2.33 bits per heavy atom. The molecule has 0 aromatic heterocycles. The Balaban J connectivity index is 4.66. The van der Waals surface area contributed by atoms with Crippen LogP contribution in [0.25, 0.3) is 0 Å². The molecule has 1 nitrogen and oxygen atoms in total. The summed E-state index contributed by atoms with van der Waals surface area (Å²) in [7, 11) is 1.81. The smallest absolute Gasteiger partial charge is 0.0273 e. The van der Waals surface area contributed by atoms with Gasteiger partial charge in [-0.2, -0.15) is 0 Å². The second-order valence-corrected chi connectivity index (χ2v) is 3.65. The highest BCUT2D eigenvalue weighted by molar-refractivity contribution is 5.62. The number of allylic oxidation sites excluding steroid dienone is 5. The predicted octanol–water partition coefficient (Wildman–Crippen LogP) is 4.33. The summed E-state index contributed by atoms with van der Waals surface area (Å²) >= 11 is 0. The van der Waals surface area contributed by atoms with E-state index in [1.165, 1.54) is 16.7 Å². The maximum absolute atomic E-state index is 4.02. The number of aliphatic imine (C=N–C) groups is 1. The molecule has 0 aromatic rings. The van der Waals surface area contributed by atoms with Crippen LogP contribution in [0.5, 0.6) is 0 Å². The van der Waals surface area contributed by atoms with Gasteiger partial charge in [-0.25, -0.2) is 0 Å². The topological polar surface area (TPSA) is 12.4 Å². The van der Waals surface area contributed by atoms with Gasteiger partial charge in [-0.1, -0.05) is 43.7 Å². The van der Waals surface area contributed by atoms with Crippen LogP contribution in [-0.2, 0) is 0 Å². The highest BCUT2D eigenvalue weighted by atomic mass is 14.6. The fraction of sp³-hybridized carbons (Fsp3) is 0.500. The summed E-state index contributed by atoms with van der Waals surface area (Å²) in [5, 5.41) is 0. The van der Waals surface area contributed by atoms with E-state index < -0.39 is 0 Å². The molecule has 0 saturated carbocycles. The SMILES string of the molecule is C=C(/C=C\C(C/C=N\C)=C(\C)CC)CC. The zero-order valence-corrected chi connectivity index (χ0v) is 10.5. The van der Waals surface area contributed by atoms with Crippen LogP contribution in [0, 0.1) is 0 Å². The van der Waals surface area contributed by atoms with Gasteiger partial charge in [-0.15, -0.1) is 0 Å². The zero-order chi connectivity index (χ0) is 11.7. The van der Waals surface area contributed by atoms with Crippen LogP contribution in [0.2, 0.25) is 0 Å². The van der Waals surface area contributed by atoms with Crippen LogP contribution in [0.1, 0.15) is 40.0 Å². The van der Waals surface area contributed by atoms with Gasteiger partial charge in [-0.05, 0) is 25.3 Å². The van der Waals surface area contributed by atoms with E-state index in [1.807, 2.05) is 13.3 Å². The van der Waals surface area contributed by atoms with E-state index in [-0.39, 0.29) is 0 Å². The number of hydrogen-bond acceptors (Lipinski definition) is 1. The monoisotopic (exact) mass is 205 g/mol. The van der Waals surface area contributed by atoms with Crippen molar-refractivity contribution >= 4 is 6.21 Å². The molecule has 0 aliphatic rings. The predicted molar refractivity (Wildman–Crippen MR) is 70.6 cm³/mol. The van der Waals surface area contributed by atoms with E-state index in [4.69, 9.17) is 0 Å². The van der Waals surface area contributed by atoms with Gasteiger partial charge in [-0.3, -0.25) is 0 Å². The van der Waals surface area contributed by atoms with Gasteiger partial charge in [0, 0.05) is 19.7 Å². The molecule has 1 heteroatoms. The van der Waals surface area contributed by atoms with Crippen molar-refractivity contribution in [3.8, 4) is 0 Å². The van der Waals surface area contributed by atoms with Gasteiger partial charge in [0.1, 0.15) is 0 Å². The third-order valence-electron chi connectivity index (χ3n) is 2.55. The van der Waals surface area contributed by atoms with Crippen molar-refractivity contribution in [1.29, 1.82) is 0 Å². The minimum Gasteiger partial charge on any atom is -0.301 e. The lowest BCUT2D eigenvalue weighted by Gasteiger charge is -2.04. The number of nitrogens with zero attached hydrogens (tertiary/aromatic N) is 1. The molecule has 15 heavy (non-hydrogen) atoms. The van der Waals surface area contributed by atoms with Crippen LogP contribution in [0.15, 0.2) is 40.4 Å². The maximum atomic E-state index is 4.02. The van der Waals surface area contributed by atoms with E-state index in [0.29, 0.717) is 0 Å². The largest absolute Gasteiger partial charge is 0.301 e. The maximum Gasteiger partial charge on any atom is 0.0273 e. The van der Waals surface area contributed by atoms with Crippen LogP contribution < -0.4 is 0 Å². The molecule has 0 N–H and O–H groups in total. The van der Waals surface area contributed by atoms with Gasteiger partial charge >= 0.3 is 0 Å². The average molecular weight is 205 g/mol. The molecule has 84 valence electrons. The van der Waals surface area contributed by atoms with Gasteiger partial charge in [0.05, 0.1) is 0 Å². The standard InChI is InChI=1S/C14H23N/c1-6-12(3)8-9-14(10-11-15-5)13(4)7-2/h8-9,11H,3,6-7,10H2,1-2,4-5H3/b9-8-,14-13+,15-11-. The lowest BCUT2D eigenvalue weighted by atomic mass is 10.0. The van der Waals surface area contributed by atoms with Crippen LogP contribution in [0.3, 0.4) is 0 Å². The molecule has 0 bridgehead atoms. The van der Waals surface area contributed by atoms with Crippen molar-refractivity contribution in [2.45, 2.75) is 40.0 Å². The van der Waals surface area contributed by atoms with E-state index in [2.05, 4.69) is 44.5 Å². The Bertz CT molecular complexity index is 280. The Hall–Kier alpha value is -1.11. The summed E-state index contributed by atoms with van der Waals surface area (Å²) < 4.78 is 0. The third kappa shape index (κ3) is 6.05. The number of hydrogen-bond donors (Lipinski definition) is 0. The molecular formula is C14H23N. The van der Waals surface area contributed by atoms with Crippen LogP contribution in [0.4, 0.5) is 0 Å². The Labute approximate surface area is 94.3 Å². The zero-order valence-electron chi connectivity index (χ0n) is 10.5. The van der Waals surface area contributed by atoms with E-state index >= 15 is 0 Å². The third-order valence-corrected chi connectivity index (χ3v) is 2.55. The molecule has 0 rings (SSSR count). The van der Waals surface area contributed by atoms with Crippen molar-refractivity contribution in [3.63, 3.8) is 0 Å². The van der Waals surface area contributed by atoms with E-state index in [9.17, 15) is 0 Å². The Morgan fingerprint density at radius 2 is 1.87 bits per heavy atom. The number of rotatable bonds is 6. The summed E-state index contributed by atoms with van der Waals surface area (Å²) in [6.07, 6.45) is 9.26. The summed E-state index contributed by atoms with van der Waals surface area (Å²) in [5.41, 5.74) is 3.96. The first-order valence-electron chi connectivity index (χ1n) is 5.60. The van der Waals surface area contributed by atoms with E-state index in [1.54, 1.807) is 0 Å². The van der Waals surface area contributed by atoms with Crippen molar-refractivity contribution < 1.29 is 0 Å². The first kappa shape index (κ1) is 13.9. The first-order chi connectivity index (χ1) is 7.15. The minimum absolute atomic E-state index is 0.920. The summed E-state index contributed by atoms with van der Waals surface area (Å²) in [6, 6.07) is 0. The molecule has 0 aromatic carbocycles. The molecule has 0 amide bonds. The molecule has 0 aliphatic heterocycles. The molecule has 0 atom stereocenters. The van der Waals surface area contributed by atoms with Gasteiger partial charge in [0.25, 0.3) is 0 Å². The van der Waals surface area contributed by atoms with Gasteiger partial charge < -0.3 is 4.99 Å². The quantitative estimate of drug-likeness (QED) is 0.452. The molecule has 0 aliphatic carbocycles. The summed E-state index contributed by atoms with van der Waals surface area (Å²) in [5.74, 6) is 0. The van der Waals surface area contributed by atoms with Crippen molar-refractivity contribution in [2.75, 3.05) is 7.05 Å². The summed E-state index contributed by atoms with van der Waals surface area (Å²) in [4.78, 5) is 4.02.